The Morgan fingerprint density at radius 3 is 2.03 bits per heavy atom. The zero-order chi connectivity index (χ0) is 27.3. The number of aliphatic carboxylic acids is 1. The monoisotopic (exact) mass is 509 g/mol. The van der Waals surface area contributed by atoms with E-state index in [-0.39, 0.29) is 42.9 Å². The van der Waals surface area contributed by atoms with Crippen molar-refractivity contribution in [1.82, 2.24) is 5.32 Å². The van der Waals surface area contributed by atoms with Gasteiger partial charge in [0.05, 0.1) is 18.4 Å². The molecule has 1 aromatic rings. The van der Waals surface area contributed by atoms with E-state index >= 15 is 0 Å². The normalized spacial score (nSPS) is 14.2. The Morgan fingerprint density at radius 2 is 1.50 bits per heavy atom. The van der Waals surface area contributed by atoms with Crippen molar-refractivity contribution in [3.8, 4) is 11.5 Å². The molecule has 0 bridgehead atoms. The van der Waals surface area contributed by atoms with Crippen LogP contribution in [-0.4, -0.2) is 54.5 Å². The minimum atomic E-state index is -1.11. The van der Waals surface area contributed by atoms with E-state index in [1.807, 2.05) is 20.8 Å². The predicted molar refractivity (Wildman–Crippen MR) is 132 cm³/mol. The number of nitrogens with one attached hydrogen (secondary N) is 1. The van der Waals surface area contributed by atoms with Gasteiger partial charge in [-0.25, -0.2) is 4.79 Å². The van der Waals surface area contributed by atoms with Crippen LogP contribution in [0.1, 0.15) is 66.4 Å². The molecule has 0 aliphatic carbocycles. The maximum absolute atomic E-state index is 12.4. The van der Waals surface area contributed by atoms with Crippen LogP contribution in [-0.2, 0) is 30.3 Å². The fourth-order valence-electron chi connectivity index (χ4n) is 2.81. The quantitative estimate of drug-likeness (QED) is 0.262. The second-order valence-electron chi connectivity index (χ2n) is 8.77. The van der Waals surface area contributed by atoms with Crippen molar-refractivity contribution in [2.45, 2.75) is 79.4 Å². The molecule has 0 saturated carbocycles. The van der Waals surface area contributed by atoms with Crippen LogP contribution in [0.15, 0.2) is 18.2 Å². The first-order valence-electron chi connectivity index (χ1n) is 12.4. The van der Waals surface area contributed by atoms with Gasteiger partial charge in [-0.2, -0.15) is 0 Å². The SMILES string of the molecule is CCCOC(=O)OC(C)CN[C@@H](Cc1ccc(OC(=O)C(C)CC)c(OC(=O)C(C)CC)c1)C(=O)O. The van der Waals surface area contributed by atoms with Gasteiger partial charge in [0.15, 0.2) is 11.5 Å². The Balaban J connectivity index is 3.00. The fraction of sp³-hybridized carbons (Fsp3) is 0.615. The molecule has 10 heteroatoms. The molecule has 4 atom stereocenters. The molecule has 0 aromatic heterocycles. The molecule has 0 radical (unpaired) electrons. The average molecular weight is 510 g/mol. The van der Waals surface area contributed by atoms with Crippen molar-refractivity contribution in [2.24, 2.45) is 11.8 Å². The van der Waals surface area contributed by atoms with Crippen LogP contribution in [0.5, 0.6) is 11.5 Å². The summed E-state index contributed by atoms with van der Waals surface area (Å²) in [6.07, 6.45) is 0.420. The minimum Gasteiger partial charge on any atom is -0.480 e. The Bertz CT molecular complexity index is 886. The summed E-state index contributed by atoms with van der Waals surface area (Å²) < 4.78 is 20.9. The first-order valence-corrected chi connectivity index (χ1v) is 12.4. The van der Waals surface area contributed by atoms with Gasteiger partial charge < -0.3 is 29.4 Å². The van der Waals surface area contributed by atoms with Crippen LogP contribution in [0, 0.1) is 11.8 Å². The van der Waals surface area contributed by atoms with E-state index in [9.17, 15) is 24.3 Å². The van der Waals surface area contributed by atoms with Gasteiger partial charge in [0, 0.05) is 6.54 Å². The molecular weight excluding hydrogens is 470 g/mol. The molecule has 0 fully saturated rings. The first kappa shape index (κ1) is 30.9. The lowest BCUT2D eigenvalue weighted by Crippen LogP contribution is -2.42. The summed E-state index contributed by atoms with van der Waals surface area (Å²) in [5.74, 6) is -2.62. The van der Waals surface area contributed by atoms with Crippen LogP contribution < -0.4 is 14.8 Å². The predicted octanol–water partition coefficient (Wildman–Crippen LogP) is 4.13. The molecule has 0 aliphatic heterocycles. The lowest BCUT2D eigenvalue weighted by molar-refractivity contribution is -0.141. The molecule has 3 unspecified atom stereocenters. The topological polar surface area (TPSA) is 137 Å². The van der Waals surface area contributed by atoms with Crippen molar-refractivity contribution >= 4 is 24.1 Å². The number of esters is 2. The van der Waals surface area contributed by atoms with Gasteiger partial charge in [0.1, 0.15) is 12.1 Å². The summed E-state index contributed by atoms with van der Waals surface area (Å²) in [5, 5.41) is 12.5. The van der Waals surface area contributed by atoms with E-state index in [4.69, 9.17) is 18.9 Å². The van der Waals surface area contributed by atoms with Gasteiger partial charge in [-0.1, -0.05) is 40.7 Å². The number of carboxylic acids is 1. The standard InChI is InChI=1S/C26H39NO9/c1-7-12-33-26(32)34-18(6)15-27-20(23(28)29)13-19-10-11-21(35-24(30)16(4)8-2)22(14-19)36-25(31)17(5)9-3/h10-11,14,16-18,20,27H,7-9,12-13,15H2,1-6H3,(H,28,29)/t16?,17?,18?,20-/m0/s1. The number of carbonyl (C=O) groups is 4. The molecule has 10 nitrogen and oxygen atoms in total. The van der Waals surface area contributed by atoms with Crippen molar-refractivity contribution < 1.29 is 43.2 Å². The van der Waals surface area contributed by atoms with Gasteiger partial charge in [0.25, 0.3) is 0 Å². The van der Waals surface area contributed by atoms with Gasteiger partial charge in [-0.3, -0.25) is 14.4 Å². The Morgan fingerprint density at radius 1 is 0.917 bits per heavy atom. The summed E-state index contributed by atoms with van der Waals surface area (Å²) in [6, 6.07) is 3.58. The van der Waals surface area contributed by atoms with Crippen molar-refractivity contribution in [3.63, 3.8) is 0 Å². The third kappa shape index (κ3) is 10.6. The van der Waals surface area contributed by atoms with E-state index in [1.165, 1.54) is 12.1 Å². The summed E-state index contributed by atoms with van der Waals surface area (Å²) in [4.78, 5) is 48.2. The highest BCUT2D eigenvalue weighted by atomic mass is 16.7. The fourth-order valence-corrected chi connectivity index (χ4v) is 2.81. The van der Waals surface area contributed by atoms with Crippen LogP contribution in [0.3, 0.4) is 0 Å². The number of ether oxygens (including phenoxy) is 4. The zero-order valence-electron chi connectivity index (χ0n) is 22.0. The Hall–Kier alpha value is -3.14. The van der Waals surface area contributed by atoms with Gasteiger partial charge in [-0.15, -0.1) is 0 Å². The van der Waals surface area contributed by atoms with Crippen molar-refractivity contribution in [1.29, 1.82) is 0 Å². The first-order chi connectivity index (χ1) is 17.0. The molecule has 1 aromatic carbocycles. The highest BCUT2D eigenvalue weighted by Gasteiger charge is 2.23. The molecule has 36 heavy (non-hydrogen) atoms. The molecule has 0 heterocycles. The summed E-state index contributed by atoms with van der Waals surface area (Å²) >= 11 is 0. The summed E-state index contributed by atoms with van der Waals surface area (Å²) in [7, 11) is 0. The van der Waals surface area contributed by atoms with E-state index < -0.39 is 36.2 Å². The summed E-state index contributed by atoms with van der Waals surface area (Å²) in [6.45, 7) is 11.0. The largest absolute Gasteiger partial charge is 0.508 e. The number of benzene rings is 1. The average Bonchev–Trinajstić information content (AvgIpc) is 2.85. The Kier molecular flexibility index (Phi) is 13.5. The molecule has 0 aliphatic rings. The van der Waals surface area contributed by atoms with Crippen molar-refractivity contribution in [2.75, 3.05) is 13.2 Å². The number of carbonyl (C=O) groups excluding carboxylic acids is 3. The molecule has 2 N–H and O–H groups in total. The lowest BCUT2D eigenvalue weighted by Gasteiger charge is -2.19. The minimum absolute atomic E-state index is 0.0375. The third-order valence-electron chi connectivity index (χ3n) is 5.57. The van der Waals surface area contributed by atoms with Crippen LogP contribution in [0.4, 0.5) is 4.79 Å². The number of hydrogen-bond acceptors (Lipinski definition) is 9. The third-order valence-corrected chi connectivity index (χ3v) is 5.57. The molecule has 202 valence electrons. The zero-order valence-corrected chi connectivity index (χ0v) is 22.0. The highest BCUT2D eigenvalue weighted by Crippen LogP contribution is 2.31. The second-order valence-corrected chi connectivity index (χ2v) is 8.77. The molecule has 0 amide bonds. The van der Waals surface area contributed by atoms with Crippen LogP contribution in [0.2, 0.25) is 0 Å². The molecule has 1 rings (SSSR count). The van der Waals surface area contributed by atoms with Crippen LogP contribution in [0.25, 0.3) is 0 Å². The lowest BCUT2D eigenvalue weighted by atomic mass is 10.0. The van der Waals surface area contributed by atoms with Gasteiger partial charge in [0.2, 0.25) is 0 Å². The maximum atomic E-state index is 12.4. The number of hydrogen-bond donors (Lipinski definition) is 2. The number of rotatable bonds is 15. The van der Waals surface area contributed by atoms with E-state index in [2.05, 4.69) is 5.32 Å². The number of carboxylic acid groups (broad SMARTS) is 1. The molecular formula is C26H39NO9. The Labute approximate surface area is 212 Å². The highest BCUT2D eigenvalue weighted by molar-refractivity contribution is 5.78. The van der Waals surface area contributed by atoms with E-state index in [1.54, 1.807) is 26.8 Å². The maximum Gasteiger partial charge on any atom is 0.508 e. The van der Waals surface area contributed by atoms with E-state index in [0.717, 1.165) is 0 Å². The molecule has 0 spiro atoms. The van der Waals surface area contributed by atoms with Gasteiger partial charge in [-0.05, 0) is 50.3 Å². The van der Waals surface area contributed by atoms with Crippen LogP contribution >= 0.6 is 0 Å². The van der Waals surface area contributed by atoms with Gasteiger partial charge >= 0.3 is 24.1 Å². The smallest absolute Gasteiger partial charge is 0.480 e. The van der Waals surface area contributed by atoms with Crippen molar-refractivity contribution in [3.05, 3.63) is 23.8 Å². The van der Waals surface area contributed by atoms with E-state index in [0.29, 0.717) is 24.8 Å². The second kappa shape index (κ2) is 15.8. The molecule has 0 saturated heterocycles. The summed E-state index contributed by atoms with van der Waals surface area (Å²) in [5.41, 5.74) is 0.543.